The van der Waals surface area contributed by atoms with Crippen LogP contribution >= 0.6 is 11.8 Å². The first-order valence-corrected chi connectivity index (χ1v) is 7.48. The van der Waals surface area contributed by atoms with Crippen molar-refractivity contribution in [2.45, 2.75) is 35.6 Å². The van der Waals surface area contributed by atoms with Crippen LogP contribution in [0.4, 0.5) is 13.2 Å². The molecule has 0 radical (unpaired) electrons. The number of hydrogen-bond donors (Lipinski definition) is 1. The number of halogens is 3. The van der Waals surface area contributed by atoms with Gasteiger partial charge in [0, 0.05) is 10.9 Å². The number of rotatable bonds is 5. The first-order chi connectivity index (χ1) is 9.99. The molecule has 2 aromatic carbocycles. The van der Waals surface area contributed by atoms with Crippen molar-refractivity contribution in [3.05, 3.63) is 59.4 Å². The van der Waals surface area contributed by atoms with Crippen LogP contribution in [0, 0.1) is 17.5 Å². The van der Waals surface area contributed by atoms with E-state index >= 15 is 0 Å². The molecule has 21 heavy (non-hydrogen) atoms. The molecular formula is C16H16F3NS. The molecule has 0 aliphatic heterocycles. The zero-order chi connectivity index (χ0) is 15.4. The van der Waals surface area contributed by atoms with Gasteiger partial charge in [0.15, 0.2) is 0 Å². The molecule has 0 heterocycles. The van der Waals surface area contributed by atoms with E-state index in [9.17, 15) is 13.2 Å². The summed E-state index contributed by atoms with van der Waals surface area (Å²) in [6.45, 7) is 1.93. The van der Waals surface area contributed by atoms with Gasteiger partial charge in [-0.3, -0.25) is 0 Å². The third kappa shape index (κ3) is 4.25. The van der Waals surface area contributed by atoms with Crippen LogP contribution in [0.25, 0.3) is 0 Å². The molecule has 0 bridgehead atoms. The van der Waals surface area contributed by atoms with Gasteiger partial charge in [0.25, 0.3) is 0 Å². The van der Waals surface area contributed by atoms with Gasteiger partial charge in [0.2, 0.25) is 0 Å². The quantitative estimate of drug-likeness (QED) is 0.877. The van der Waals surface area contributed by atoms with Gasteiger partial charge in [-0.1, -0.05) is 18.7 Å². The van der Waals surface area contributed by atoms with Gasteiger partial charge < -0.3 is 5.73 Å². The summed E-state index contributed by atoms with van der Waals surface area (Å²) in [5.74, 6) is -1.63. The molecule has 0 aromatic heterocycles. The molecule has 0 fully saturated rings. The summed E-state index contributed by atoms with van der Waals surface area (Å²) >= 11 is 0.935. The van der Waals surface area contributed by atoms with Gasteiger partial charge in [0.05, 0.1) is 4.90 Å². The Kier molecular flexibility index (Phi) is 5.31. The van der Waals surface area contributed by atoms with Gasteiger partial charge in [-0.05, 0) is 54.8 Å². The molecule has 0 aliphatic rings. The average Bonchev–Trinajstić information content (AvgIpc) is 2.44. The summed E-state index contributed by atoms with van der Waals surface area (Å²) in [7, 11) is 0. The normalized spacial score (nSPS) is 12.4. The van der Waals surface area contributed by atoms with E-state index in [4.69, 9.17) is 5.73 Å². The lowest BCUT2D eigenvalue weighted by Gasteiger charge is -2.11. The van der Waals surface area contributed by atoms with Gasteiger partial charge in [0.1, 0.15) is 17.5 Å². The molecule has 5 heteroatoms. The highest BCUT2D eigenvalue weighted by Crippen LogP contribution is 2.33. The largest absolute Gasteiger partial charge is 0.327 e. The van der Waals surface area contributed by atoms with E-state index in [1.807, 2.05) is 6.92 Å². The molecule has 112 valence electrons. The molecular weight excluding hydrogens is 295 g/mol. The summed E-state index contributed by atoms with van der Waals surface area (Å²) in [6.07, 6.45) is 1.18. The molecule has 0 aliphatic carbocycles. The van der Waals surface area contributed by atoms with Crippen molar-refractivity contribution in [3.8, 4) is 0 Å². The van der Waals surface area contributed by atoms with Crippen molar-refractivity contribution in [3.63, 3.8) is 0 Å². The highest BCUT2D eigenvalue weighted by atomic mass is 32.2. The number of nitrogens with two attached hydrogens (primary N) is 1. The first kappa shape index (κ1) is 15.9. The fourth-order valence-electron chi connectivity index (χ4n) is 1.90. The smallest absolute Gasteiger partial charge is 0.140 e. The second-order valence-electron chi connectivity index (χ2n) is 4.82. The molecule has 1 unspecified atom stereocenters. The Labute approximate surface area is 126 Å². The Hall–Kier alpha value is -1.46. The summed E-state index contributed by atoms with van der Waals surface area (Å²) < 4.78 is 40.9. The maximum Gasteiger partial charge on any atom is 0.140 e. The van der Waals surface area contributed by atoms with Gasteiger partial charge >= 0.3 is 0 Å². The lowest BCUT2D eigenvalue weighted by molar-refractivity contribution is 0.533. The van der Waals surface area contributed by atoms with Crippen LogP contribution in [0.5, 0.6) is 0 Å². The number of benzene rings is 2. The number of hydrogen-bond acceptors (Lipinski definition) is 2. The molecule has 2 N–H and O–H groups in total. The van der Waals surface area contributed by atoms with Gasteiger partial charge in [-0.25, -0.2) is 13.2 Å². The second-order valence-corrected chi connectivity index (χ2v) is 5.90. The zero-order valence-electron chi connectivity index (χ0n) is 11.6. The maximum atomic E-state index is 14.1. The van der Waals surface area contributed by atoms with E-state index in [0.717, 1.165) is 18.2 Å². The Bertz CT molecular complexity index is 590. The third-order valence-electron chi connectivity index (χ3n) is 3.11. The zero-order valence-corrected chi connectivity index (χ0v) is 12.4. The van der Waals surface area contributed by atoms with Crippen molar-refractivity contribution in [1.29, 1.82) is 0 Å². The standard InChI is InChI=1S/C16H16F3NS/c1-2-12(20)7-10-8-14(18)16(15(19)9-10)21-13-5-3-11(17)4-6-13/h3-6,8-9,12H,2,7,20H2,1H3. The van der Waals surface area contributed by atoms with Crippen LogP contribution in [-0.4, -0.2) is 6.04 Å². The Morgan fingerprint density at radius 1 is 1.05 bits per heavy atom. The van der Waals surface area contributed by atoms with E-state index in [-0.39, 0.29) is 16.8 Å². The minimum absolute atomic E-state index is 0.0876. The fourth-order valence-corrected chi connectivity index (χ4v) is 2.72. The monoisotopic (exact) mass is 311 g/mol. The summed E-state index contributed by atoms with van der Waals surface area (Å²) in [4.78, 5) is 0.489. The van der Waals surface area contributed by atoms with Crippen molar-refractivity contribution in [2.75, 3.05) is 0 Å². The highest BCUT2D eigenvalue weighted by Gasteiger charge is 2.14. The molecule has 0 amide bonds. The first-order valence-electron chi connectivity index (χ1n) is 6.66. The second kappa shape index (κ2) is 7.00. The Morgan fingerprint density at radius 2 is 1.62 bits per heavy atom. The minimum atomic E-state index is -0.623. The lowest BCUT2D eigenvalue weighted by atomic mass is 10.0. The van der Waals surface area contributed by atoms with Gasteiger partial charge in [-0.2, -0.15) is 0 Å². The van der Waals surface area contributed by atoms with Crippen molar-refractivity contribution in [1.82, 2.24) is 0 Å². The van der Waals surface area contributed by atoms with Crippen LogP contribution in [-0.2, 0) is 6.42 Å². The minimum Gasteiger partial charge on any atom is -0.327 e. The molecule has 0 spiro atoms. The topological polar surface area (TPSA) is 26.0 Å². The third-order valence-corrected chi connectivity index (χ3v) is 4.22. The molecule has 2 aromatic rings. The van der Waals surface area contributed by atoms with Crippen LogP contribution < -0.4 is 5.73 Å². The molecule has 2 rings (SSSR count). The van der Waals surface area contributed by atoms with Crippen molar-refractivity contribution in [2.24, 2.45) is 5.73 Å². The SMILES string of the molecule is CCC(N)Cc1cc(F)c(Sc2ccc(F)cc2)c(F)c1. The average molecular weight is 311 g/mol. The summed E-state index contributed by atoms with van der Waals surface area (Å²) in [6, 6.07) is 7.99. The van der Waals surface area contributed by atoms with Crippen molar-refractivity contribution < 1.29 is 13.2 Å². The lowest BCUT2D eigenvalue weighted by Crippen LogP contribution is -2.21. The van der Waals surface area contributed by atoms with Crippen LogP contribution in [0.3, 0.4) is 0 Å². The van der Waals surface area contributed by atoms with E-state index in [1.165, 1.54) is 36.4 Å². The van der Waals surface area contributed by atoms with E-state index < -0.39 is 11.6 Å². The summed E-state index contributed by atoms with van der Waals surface area (Å²) in [5.41, 5.74) is 6.34. The molecule has 0 saturated carbocycles. The van der Waals surface area contributed by atoms with Crippen LogP contribution in [0.15, 0.2) is 46.2 Å². The van der Waals surface area contributed by atoms with E-state index in [1.54, 1.807) is 0 Å². The molecule has 1 nitrogen and oxygen atoms in total. The predicted octanol–water partition coefficient (Wildman–Crippen LogP) is 4.53. The van der Waals surface area contributed by atoms with E-state index in [0.29, 0.717) is 16.9 Å². The van der Waals surface area contributed by atoms with Crippen LogP contribution in [0.1, 0.15) is 18.9 Å². The fraction of sp³-hybridized carbons (Fsp3) is 0.250. The predicted molar refractivity (Wildman–Crippen MR) is 78.9 cm³/mol. The maximum absolute atomic E-state index is 14.1. The van der Waals surface area contributed by atoms with Crippen LogP contribution in [0.2, 0.25) is 0 Å². The van der Waals surface area contributed by atoms with Gasteiger partial charge in [-0.15, -0.1) is 0 Å². The molecule has 1 atom stereocenters. The Morgan fingerprint density at radius 3 is 2.14 bits per heavy atom. The summed E-state index contributed by atoms with van der Waals surface area (Å²) in [5, 5.41) is 0. The Balaban J connectivity index is 2.22. The molecule has 0 saturated heterocycles. The van der Waals surface area contributed by atoms with E-state index in [2.05, 4.69) is 0 Å². The highest BCUT2D eigenvalue weighted by molar-refractivity contribution is 7.99. The van der Waals surface area contributed by atoms with Crippen molar-refractivity contribution >= 4 is 11.8 Å².